The Morgan fingerprint density at radius 1 is 1.50 bits per heavy atom. The monoisotopic (exact) mass is 224 g/mol. The van der Waals surface area contributed by atoms with E-state index in [1.165, 1.54) is 6.07 Å². The van der Waals surface area contributed by atoms with E-state index in [-0.39, 0.29) is 5.69 Å². The zero-order chi connectivity index (χ0) is 11.8. The lowest BCUT2D eigenvalue weighted by Crippen LogP contribution is -2.07. The average molecular weight is 224 g/mol. The van der Waals surface area contributed by atoms with Crippen LogP contribution in [-0.2, 0) is 4.74 Å². The number of carboxylic acid groups (broad SMARTS) is 1. The molecule has 0 aromatic carbocycles. The number of pyridine rings is 1. The Morgan fingerprint density at radius 3 is 3.00 bits per heavy atom. The lowest BCUT2D eigenvalue weighted by atomic mass is 10.3. The van der Waals surface area contributed by atoms with Crippen molar-refractivity contribution in [1.29, 1.82) is 0 Å². The Kier molecular flexibility index (Phi) is 5.28. The number of carbonyl (C=O) groups is 1. The minimum atomic E-state index is -1.01. The molecular weight excluding hydrogens is 208 g/mol. The molecule has 0 saturated heterocycles. The highest BCUT2D eigenvalue weighted by molar-refractivity contribution is 5.85. The molecule has 1 heterocycles. The molecule has 0 aliphatic rings. The molecular formula is C11H16N2O3. The summed E-state index contributed by atoms with van der Waals surface area (Å²) in [5.41, 5.74) is 0.0573. The predicted molar refractivity (Wildman–Crippen MR) is 60.8 cm³/mol. The van der Waals surface area contributed by atoms with Crippen LogP contribution in [0.2, 0.25) is 0 Å². The van der Waals surface area contributed by atoms with Crippen molar-refractivity contribution in [2.75, 3.05) is 25.6 Å². The van der Waals surface area contributed by atoms with E-state index >= 15 is 0 Å². The maximum atomic E-state index is 10.7. The normalized spacial score (nSPS) is 10.1. The minimum Gasteiger partial charge on any atom is -0.477 e. The SMILES string of the molecule is COCCCCNc1cccc(C(=O)O)n1. The summed E-state index contributed by atoms with van der Waals surface area (Å²) in [5, 5.41) is 11.8. The third kappa shape index (κ3) is 4.27. The molecule has 0 spiro atoms. The highest BCUT2D eigenvalue weighted by atomic mass is 16.5. The molecule has 0 radical (unpaired) electrons. The van der Waals surface area contributed by atoms with Crippen molar-refractivity contribution in [1.82, 2.24) is 4.98 Å². The number of unbranched alkanes of at least 4 members (excludes halogenated alkanes) is 1. The van der Waals surface area contributed by atoms with E-state index in [4.69, 9.17) is 9.84 Å². The van der Waals surface area contributed by atoms with Gasteiger partial charge in [-0.1, -0.05) is 6.07 Å². The second-order valence-corrected chi connectivity index (χ2v) is 3.34. The van der Waals surface area contributed by atoms with Crippen LogP contribution in [0.15, 0.2) is 18.2 Å². The van der Waals surface area contributed by atoms with Crippen LogP contribution in [0.1, 0.15) is 23.3 Å². The number of aromatic nitrogens is 1. The van der Waals surface area contributed by atoms with Crippen molar-refractivity contribution in [3.05, 3.63) is 23.9 Å². The summed E-state index contributed by atoms with van der Waals surface area (Å²) in [7, 11) is 1.67. The first-order valence-corrected chi connectivity index (χ1v) is 5.17. The quantitative estimate of drug-likeness (QED) is 0.688. The van der Waals surface area contributed by atoms with Crippen LogP contribution in [0.4, 0.5) is 5.82 Å². The van der Waals surface area contributed by atoms with Crippen molar-refractivity contribution in [3.63, 3.8) is 0 Å². The Labute approximate surface area is 94.5 Å². The number of ether oxygens (including phenoxy) is 1. The van der Waals surface area contributed by atoms with Gasteiger partial charge in [0.05, 0.1) is 0 Å². The van der Waals surface area contributed by atoms with Crippen molar-refractivity contribution in [3.8, 4) is 0 Å². The van der Waals surface area contributed by atoms with Gasteiger partial charge in [-0.3, -0.25) is 0 Å². The standard InChI is InChI=1S/C11H16N2O3/c1-16-8-3-2-7-12-10-6-4-5-9(13-10)11(14)15/h4-6H,2-3,7-8H2,1H3,(H,12,13)(H,14,15). The van der Waals surface area contributed by atoms with Crippen LogP contribution in [0.25, 0.3) is 0 Å². The minimum absolute atomic E-state index is 0.0573. The number of aromatic carboxylic acids is 1. The van der Waals surface area contributed by atoms with Crippen LogP contribution < -0.4 is 5.32 Å². The number of nitrogens with one attached hydrogen (secondary N) is 1. The van der Waals surface area contributed by atoms with Crippen molar-refractivity contribution in [2.24, 2.45) is 0 Å². The van der Waals surface area contributed by atoms with Gasteiger partial charge in [-0.25, -0.2) is 9.78 Å². The van der Waals surface area contributed by atoms with Crippen molar-refractivity contribution in [2.45, 2.75) is 12.8 Å². The molecule has 0 atom stereocenters. The molecule has 5 heteroatoms. The van der Waals surface area contributed by atoms with Crippen molar-refractivity contribution >= 4 is 11.8 Å². The predicted octanol–water partition coefficient (Wildman–Crippen LogP) is 1.62. The molecule has 5 nitrogen and oxygen atoms in total. The average Bonchev–Trinajstić information content (AvgIpc) is 2.29. The van der Waals surface area contributed by atoms with Gasteiger partial charge < -0.3 is 15.2 Å². The van der Waals surface area contributed by atoms with E-state index < -0.39 is 5.97 Å². The van der Waals surface area contributed by atoms with Crippen LogP contribution in [0.3, 0.4) is 0 Å². The fraction of sp³-hybridized carbons (Fsp3) is 0.455. The van der Waals surface area contributed by atoms with E-state index in [0.717, 1.165) is 26.0 Å². The number of hydrogen-bond acceptors (Lipinski definition) is 4. The van der Waals surface area contributed by atoms with E-state index in [2.05, 4.69) is 10.3 Å². The van der Waals surface area contributed by atoms with E-state index in [1.54, 1.807) is 19.2 Å². The molecule has 16 heavy (non-hydrogen) atoms. The first-order valence-electron chi connectivity index (χ1n) is 5.17. The third-order valence-electron chi connectivity index (χ3n) is 2.05. The largest absolute Gasteiger partial charge is 0.477 e. The maximum Gasteiger partial charge on any atom is 0.354 e. The number of methoxy groups -OCH3 is 1. The van der Waals surface area contributed by atoms with Crippen LogP contribution in [0.5, 0.6) is 0 Å². The molecule has 88 valence electrons. The van der Waals surface area contributed by atoms with E-state index in [9.17, 15) is 4.79 Å². The summed E-state index contributed by atoms with van der Waals surface area (Å²) in [6.07, 6.45) is 1.94. The third-order valence-corrected chi connectivity index (χ3v) is 2.05. The summed E-state index contributed by atoms with van der Waals surface area (Å²) >= 11 is 0. The Bertz CT molecular complexity index is 342. The molecule has 0 aliphatic carbocycles. The lowest BCUT2D eigenvalue weighted by Gasteiger charge is -2.05. The molecule has 0 aliphatic heterocycles. The molecule has 0 saturated carbocycles. The second kappa shape index (κ2) is 6.79. The fourth-order valence-corrected chi connectivity index (χ4v) is 1.24. The van der Waals surface area contributed by atoms with E-state index in [0.29, 0.717) is 5.82 Å². The Balaban J connectivity index is 2.36. The van der Waals surface area contributed by atoms with E-state index in [1.807, 2.05) is 0 Å². The Hall–Kier alpha value is -1.62. The summed E-state index contributed by atoms with van der Waals surface area (Å²) < 4.78 is 4.92. The van der Waals surface area contributed by atoms with Gasteiger partial charge >= 0.3 is 5.97 Å². The van der Waals surface area contributed by atoms with Gasteiger partial charge in [0.25, 0.3) is 0 Å². The maximum absolute atomic E-state index is 10.7. The van der Waals surface area contributed by atoms with Crippen molar-refractivity contribution < 1.29 is 14.6 Å². The summed E-state index contributed by atoms with van der Waals surface area (Å²) in [5.74, 6) is -0.416. The first-order chi connectivity index (χ1) is 7.74. The highest BCUT2D eigenvalue weighted by Gasteiger charge is 2.04. The van der Waals surface area contributed by atoms with Gasteiger partial charge in [-0.15, -0.1) is 0 Å². The van der Waals surface area contributed by atoms with Crippen LogP contribution in [0, 0.1) is 0 Å². The van der Waals surface area contributed by atoms with Gasteiger partial charge in [-0.05, 0) is 25.0 Å². The topological polar surface area (TPSA) is 71.5 Å². The molecule has 1 aromatic heterocycles. The smallest absolute Gasteiger partial charge is 0.354 e. The Morgan fingerprint density at radius 2 is 2.31 bits per heavy atom. The molecule has 0 fully saturated rings. The first kappa shape index (κ1) is 12.4. The molecule has 1 rings (SSSR count). The zero-order valence-electron chi connectivity index (χ0n) is 9.27. The van der Waals surface area contributed by atoms with Gasteiger partial charge in [0, 0.05) is 20.3 Å². The zero-order valence-corrected chi connectivity index (χ0v) is 9.27. The number of hydrogen-bond donors (Lipinski definition) is 2. The molecule has 1 aromatic rings. The van der Waals surface area contributed by atoms with Crippen LogP contribution in [-0.4, -0.2) is 36.3 Å². The lowest BCUT2D eigenvalue weighted by molar-refractivity contribution is 0.0690. The summed E-state index contributed by atoms with van der Waals surface area (Å²) in [6.45, 7) is 1.50. The van der Waals surface area contributed by atoms with Crippen LogP contribution >= 0.6 is 0 Å². The highest BCUT2D eigenvalue weighted by Crippen LogP contribution is 2.05. The summed E-state index contributed by atoms with van der Waals surface area (Å²) in [6, 6.07) is 4.90. The molecule has 0 unspecified atom stereocenters. The molecule has 0 bridgehead atoms. The number of nitrogens with zero attached hydrogens (tertiary/aromatic N) is 1. The summed E-state index contributed by atoms with van der Waals surface area (Å²) in [4.78, 5) is 14.6. The van der Waals surface area contributed by atoms with Gasteiger partial charge in [0.15, 0.2) is 5.69 Å². The van der Waals surface area contributed by atoms with Gasteiger partial charge in [-0.2, -0.15) is 0 Å². The van der Waals surface area contributed by atoms with Gasteiger partial charge in [0.1, 0.15) is 5.82 Å². The second-order valence-electron chi connectivity index (χ2n) is 3.34. The molecule has 0 amide bonds. The number of anilines is 1. The number of rotatable bonds is 7. The molecule has 2 N–H and O–H groups in total. The number of carboxylic acids is 1. The van der Waals surface area contributed by atoms with Gasteiger partial charge in [0.2, 0.25) is 0 Å². The fourth-order valence-electron chi connectivity index (χ4n) is 1.24.